The van der Waals surface area contributed by atoms with Gasteiger partial charge in [0.05, 0.1) is 44.8 Å². The Labute approximate surface area is 251 Å². The molecule has 232 valence electrons. The van der Waals surface area contributed by atoms with Gasteiger partial charge in [-0.05, 0) is 41.2 Å². The van der Waals surface area contributed by atoms with Gasteiger partial charge in [0.2, 0.25) is 5.91 Å². The lowest BCUT2D eigenvalue weighted by molar-refractivity contribution is -0.119. The first-order valence-corrected chi connectivity index (χ1v) is 15.2. The van der Waals surface area contributed by atoms with Gasteiger partial charge in [-0.1, -0.05) is 37.3 Å². The fraction of sp³-hybridized carbons (Fsp3) is 0.606. The molecule has 2 aliphatic heterocycles. The minimum Gasteiger partial charge on any atom is -0.490 e. The summed E-state index contributed by atoms with van der Waals surface area (Å²) in [5, 5.41) is 6.58. The van der Waals surface area contributed by atoms with Crippen LogP contribution in [0.15, 0.2) is 42.5 Å². The van der Waals surface area contributed by atoms with Gasteiger partial charge in [0, 0.05) is 65.8 Å². The van der Waals surface area contributed by atoms with Gasteiger partial charge in [0.1, 0.15) is 12.4 Å². The number of piperidine rings is 1. The Morgan fingerprint density at radius 1 is 1.07 bits per heavy atom. The van der Waals surface area contributed by atoms with E-state index < -0.39 is 0 Å². The lowest BCUT2D eigenvalue weighted by Gasteiger charge is -2.39. The molecule has 4 rings (SSSR count). The number of ether oxygens (including phenoxy) is 5. The maximum Gasteiger partial charge on any atom is 0.216 e. The molecule has 2 N–H and O–H groups in total. The molecule has 42 heavy (non-hydrogen) atoms. The largest absolute Gasteiger partial charge is 0.490 e. The van der Waals surface area contributed by atoms with Crippen LogP contribution in [0.25, 0.3) is 0 Å². The van der Waals surface area contributed by atoms with Crippen molar-refractivity contribution in [1.29, 1.82) is 0 Å². The zero-order chi connectivity index (χ0) is 29.7. The van der Waals surface area contributed by atoms with Gasteiger partial charge < -0.3 is 39.2 Å². The Hall–Kier alpha value is -2.69. The molecule has 0 aromatic heterocycles. The van der Waals surface area contributed by atoms with E-state index in [9.17, 15) is 4.79 Å². The standard InChI is InChI=1S/C33H49N3O6/c1-24(20-39-4)21-40-22-26-6-9-28(10-7-26)33-29(18-35-25(2)37)17-34-19-32(33)42-23-27-8-11-31-30(16-27)36(13-15-41-31)12-5-14-38-3/h6-11,16,24,29,32-34H,5,12-15,17-23H2,1-4H3,(H,35,37)/t24-,29-,32-,33-/m0/s1. The zero-order valence-electron chi connectivity index (χ0n) is 25.7. The van der Waals surface area contributed by atoms with Crippen molar-refractivity contribution in [3.8, 4) is 5.75 Å². The van der Waals surface area contributed by atoms with Crippen molar-refractivity contribution in [2.24, 2.45) is 11.8 Å². The third-order valence-electron chi connectivity index (χ3n) is 7.98. The number of hydrogen-bond acceptors (Lipinski definition) is 8. The molecular weight excluding hydrogens is 534 g/mol. The van der Waals surface area contributed by atoms with E-state index in [0.717, 1.165) is 61.8 Å². The highest BCUT2D eigenvalue weighted by atomic mass is 16.5. The molecule has 0 spiro atoms. The molecule has 0 saturated carbocycles. The third-order valence-corrected chi connectivity index (χ3v) is 7.98. The maximum absolute atomic E-state index is 11.8. The van der Waals surface area contributed by atoms with Crippen molar-refractivity contribution in [3.05, 3.63) is 59.2 Å². The number of rotatable bonds is 16. The number of fused-ring (bicyclic) bond motifs is 1. The Balaban J connectivity index is 1.44. The molecule has 1 fully saturated rings. The Kier molecular flexibility index (Phi) is 12.9. The first-order valence-electron chi connectivity index (χ1n) is 15.2. The molecule has 0 radical (unpaired) electrons. The summed E-state index contributed by atoms with van der Waals surface area (Å²) in [7, 11) is 3.46. The van der Waals surface area contributed by atoms with Crippen LogP contribution < -0.4 is 20.3 Å². The SMILES string of the molecule is COCCCN1CCOc2ccc(CO[C@H]3CNC[C@@H](CNC(C)=O)[C@@H]3c3ccc(COC[C@@H](C)COC)cc3)cc21. The number of nitrogens with one attached hydrogen (secondary N) is 2. The van der Waals surface area contributed by atoms with Gasteiger partial charge in [-0.25, -0.2) is 0 Å². The van der Waals surface area contributed by atoms with Crippen LogP contribution in [-0.4, -0.2) is 85.4 Å². The summed E-state index contributed by atoms with van der Waals surface area (Å²) in [6.07, 6.45) is 0.930. The molecule has 2 heterocycles. The van der Waals surface area contributed by atoms with E-state index in [-0.39, 0.29) is 23.8 Å². The number of amides is 1. The monoisotopic (exact) mass is 583 g/mol. The highest BCUT2D eigenvalue weighted by molar-refractivity contribution is 5.72. The van der Waals surface area contributed by atoms with Crippen molar-refractivity contribution in [2.75, 3.05) is 78.3 Å². The van der Waals surface area contributed by atoms with Crippen LogP contribution in [0.5, 0.6) is 5.75 Å². The fourth-order valence-electron chi connectivity index (χ4n) is 5.88. The van der Waals surface area contributed by atoms with Crippen molar-refractivity contribution in [2.45, 2.75) is 45.5 Å². The highest BCUT2D eigenvalue weighted by Crippen LogP contribution is 2.35. The second-order valence-electron chi connectivity index (χ2n) is 11.5. The first kappa shape index (κ1) is 32.2. The Bertz CT molecular complexity index is 1100. The minimum atomic E-state index is -0.0420. The van der Waals surface area contributed by atoms with Crippen LogP contribution in [0.2, 0.25) is 0 Å². The van der Waals surface area contributed by atoms with E-state index in [1.807, 2.05) is 0 Å². The van der Waals surface area contributed by atoms with Crippen molar-refractivity contribution < 1.29 is 28.5 Å². The predicted octanol–water partition coefficient (Wildman–Crippen LogP) is 3.75. The molecule has 4 atom stereocenters. The predicted molar refractivity (Wildman–Crippen MR) is 164 cm³/mol. The number of methoxy groups -OCH3 is 2. The molecule has 2 aromatic rings. The van der Waals surface area contributed by atoms with Crippen molar-refractivity contribution >= 4 is 11.6 Å². The number of benzene rings is 2. The van der Waals surface area contributed by atoms with Crippen molar-refractivity contribution in [3.63, 3.8) is 0 Å². The van der Waals surface area contributed by atoms with E-state index in [1.165, 1.54) is 5.56 Å². The van der Waals surface area contributed by atoms with E-state index in [1.54, 1.807) is 21.1 Å². The molecule has 9 nitrogen and oxygen atoms in total. The molecule has 1 amide bonds. The quantitative estimate of drug-likeness (QED) is 0.289. The maximum atomic E-state index is 11.8. The molecule has 1 saturated heterocycles. The first-order chi connectivity index (χ1) is 20.5. The molecule has 2 aliphatic rings. The Morgan fingerprint density at radius 2 is 1.88 bits per heavy atom. The van der Waals surface area contributed by atoms with Gasteiger partial charge in [0.25, 0.3) is 0 Å². The summed E-state index contributed by atoms with van der Waals surface area (Å²) in [6.45, 7) is 11.5. The minimum absolute atomic E-state index is 0.0154. The molecular formula is C33H49N3O6. The average molecular weight is 584 g/mol. The lowest BCUT2D eigenvalue weighted by Crippen LogP contribution is -2.50. The van der Waals surface area contributed by atoms with Crippen LogP contribution >= 0.6 is 0 Å². The lowest BCUT2D eigenvalue weighted by atomic mass is 9.79. The number of nitrogens with zero attached hydrogens (tertiary/aromatic N) is 1. The topological polar surface area (TPSA) is 90.5 Å². The normalized spacial score (nSPS) is 21.0. The van der Waals surface area contributed by atoms with Crippen LogP contribution in [0.1, 0.15) is 42.9 Å². The zero-order valence-corrected chi connectivity index (χ0v) is 25.7. The number of hydrogen-bond donors (Lipinski definition) is 2. The third kappa shape index (κ3) is 9.41. The molecule has 0 aliphatic carbocycles. The second-order valence-corrected chi connectivity index (χ2v) is 11.5. The molecule has 0 bridgehead atoms. The average Bonchev–Trinajstić information content (AvgIpc) is 2.99. The van der Waals surface area contributed by atoms with Crippen LogP contribution in [0.4, 0.5) is 5.69 Å². The number of carbonyl (C=O) groups excluding carboxylic acids is 1. The van der Waals surface area contributed by atoms with Crippen LogP contribution in [0, 0.1) is 11.8 Å². The summed E-state index contributed by atoms with van der Waals surface area (Å²) in [5.74, 6) is 1.61. The van der Waals surface area contributed by atoms with Gasteiger partial charge in [-0.3, -0.25) is 4.79 Å². The van der Waals surface area contributed by atoms with Crippen molar-refractivity contribution in [1.82, 2.24) is 10.6 Å². The fourth-order valence-corrected chi connectivity index (χ4v) is 5.88. The van der Waals surface area contributed by atoms with E-state index >= 15 is 0 Å². The van der Waals surface area contributed by atoms with Gasteiger partial charge >= 0.3 is 0 Å². The summed E-state index contributed by atoms with van der Waals surface area (Å²) in [6, 6.07) is 15.0. The number of anilines is 1. The summed E-state index contributed by atoms with van der Waals surface area (Å²) < 4.78 is 29.0. The van der Waals surface area contributed by atoms with Crippen LogP contribution in [0.3, 0.4) is 0 Å². The van der Waals surface area contributed by atoms with Crippen LogP contribution in [-0.2, 0) is 37.0 Å². The van der Waals surface area contributed by atoms with Gasteiger partial charge in [-0.2, -0.15) is 0 Å². The van der Waals surface area contributed by atoms with Gasteiger partial charge in [-0.15, -0.1) is 0 Å². The summed E-state index contributed by atoms with van der Waals surface area (Å²) in [4.78, 5) is 14.2. The summed E-state index contributed by atoms with van der Waals surface area (Å²) >= 11 is 0. The second kappa shape index (κ2) is 16.8. The van der Waals surface area contributed by atoms with E-state index in [0.29, 0.717) is 45.5 Å². The molecule has 2 aromatic carbocycles. The molecule has 9 heteroatoms. The van der Waals surface area contributed by atoms with Gasteiger partial charge in [0.15, 0.2) is 0 Å². The Morgan fingerprint density at radius 3 is 2.64 bits per heavy atom. The van der Waals surface area contributed by atoms with E-state index in [4.69, 9.17) is 23.7 Å². The van der Waals surface area contributed by atoms with E-state index in [2.05, 4.69) is 64.9 Å². The smallest absolute Gasteiger partial charge is 0.216 e. The number of carbonyl (C=O) groups is 1. The molecule has 0 unspecified atom stereocenters. The summed E-state index contributed by atoms with van der Waals surface area (Å²) in [5.41, 5.74) is 4.60. The highest BCUT2D eigenvalue weighted by Gasteiger charge is 2.35.